The summed E-state index contributed by atoms with van der Waals surface area (Å²) in [6, 6.07) is 14.5. The Morgan fingerprint density at radius 2 is 2.00 bits per heavy atom. The van der Waals surface area contributed by atoms with Crippen molar-refractivity contribution in [1.29, 1.82) is 0 Å². The highest BCUT2D eigenvalue weighted by molar-refractivity contribution is 6.32. The van der Waals surface area contributed by atoms with Gasteiger partial charge in [-0.25, -0.2) is 0 Å². The van der Waals surface area contributed by atoms with Crippen LogP contribution in [-0.4, -0.2) is 37.8 Å². The average Bonchev–Trinajstić information content (AvgIpc) is 2.55. The molecule has 0 aliphatic heterocycles. The van der Waals surface area contributed by atoms with Crippen LogP contribution >= 0.6 is 11.6 Å². The van der Waals surface area contributed by atoms with E-state index in [1.165, 1.54) is 7.11 Å². The van der Waals surface area contributed by atoms with E-state index in [1.54, 1.807) is 23.1 Å². The second-order valence-electron chi connectivity index (χ2n) is 4.88. The normalized spacial score (nSPS) is 10.2. The van der Waals surface area contributed by atoms with Crippen LogP contribution in [0.25, 0.3) is 0 Å². The summed E-state index contributed by atoms with van der Waals surface area (Å²) in [5.74, 6) is 0.361. The number of hydrogen-bond donors (Lipinski definition) is 2. The third kappa shape index (κ3) is 4.87. The van der Waals surface area contributed by atoms with Crippen molar-refractivity contribution in [2.24, 2.45) is 0 Å². The van der Waals surface area contributed by atoms with Crippen LogP contribution in [0.5, 0.6) is 5.75 Å². The number of methoxy groups -OCH3 is 1. The van der Waals surface area contributed by atoms with Gasteiger partial charge in [0.05, 0.1) is 25.3 Å². The summed E-state index contributed by atoms with van der Waals surface area (Å²) in [6.45, 7) is 0.478. The van der Waals surface area contributed by atoms with Gasteiger partial charge in [0.25, 0.3) is 0 Å². The van der Waals surface area contributed by atoms with Crippen LogP contribution in [0.2, 0.25) is 5.02 Å². The second kappa shape index (κ2) is 8.41. The number of anilines is 2. The van der Waals surface area contributed by atoms with Gasteiger partial charge in [-0.05, 0) is 30.3 Å². The van der Waals surface area contributed by atoms with Crippen LogP contribution in [0.4, 0.5) is 11.4 Å². The second-order valence-corrected chi connectivity index (χ2v) is 5.29. The molecule has 0 spiro atoms. The third-order valence-electron chi connectivity index (χ3n) is 3.26. The Labute approximate surface area is 140 Å². The van der Waals surface area contributed by atoms with Crippen LogP contribution in [0.15, 0.2) is 48.5 Å². The SMILES string of the molecule is COc1ccc(NC(=O)CN(CCO)c2ccccc2)cc1Cl. The van der Waals surface area contributed by atoms with E-state index < -0.39 is 0 Å². The highest BCUT2D eigenvalue weighted by Crippen LogP contribution is 2.27. The van der Waals surface area contributed by atoms with Crippen molar-refractivity contribution in [3.63, 3.8) is 0 Å². The molecule has 0 saturated heterocycles. The van der Waals surface area contributed by atoms with Crippen LogP contribution < -0.4 is 15.0 Å². The van der Waals surface area contributed by atoms with Crippen molar-refractivity contribution < 1.29 is 14.6 Å². The summed E-state index contributed by atoms with van der Waals surface area (Å²) in [6.07, 6.45) is 0. The first kappa shape index (κ1) is 17.1. The van der Waals surface area contributed by atoms with Crippen molar-refractivity contribution in [3.05, 3.63) is 53.6 Å². The summed E-state index contributed by atoms with van der Waals surface area (Å²) >= 11 is 6.04. The van der Waals surface area contributed by atoms with Gasteiger partial charge in [-0.1, -0.05) is 29.8 Å². The first-order valence-electron chi connectivity index (χ1n) is 7.18. The lowest BCUT2D eigenvalue weighted by atomic mass is 10.2. The number of aliphatic hydroxyl groups is 1. The summed E-state index contributed by atoms with van der Waals surface area (Å²) in [4.78, 5) is 14.0. The molecule has 0 atom stereocenters. The number of nitrogens with one attached hydrogen (secondary N) is 1. The molecule has 23 heavy (non-hydrogen) atoms. The Bertz CT molecular complexity index is 650. The highest BCUT2D eigenvalue weighted by atomic mass is 35.5. The molecule has 6 heteroatoms. The molecular formula is C17H19ClN2O3. The van der Waals surface area contributed by atoms with E-state index in [2.05, 4.69) is 5.32 Å². The van der Waals surface area contributed by atoms with Crippen LogP contribution in [-0.2, 0) is 4.79 Å². The van der Waals surface area contributed by atoms with Gasteiger partial charge in [0.2, 0.25) is 5.91 Å². The zero-order chi connectivity index (χ0) is 16.7. The molecule has 2 aromatic carbocycles. The molecule has 0 aliphatic rings. The molecule has 2 N–H and O–H groups in total. The Balaban J connectivity index is 2.03. The standard InChI is InChI=1S/C17H19ClN2O3/c1-23-16-8-7-13(11-15(16)18)19-17(22)12-20(9-10-21)14-5-3-2-4-6-14/h2-8,11,21H,9-10,12H2,1H3,(H,19,22). The lowest BCUT2D eigenvalue weighted by molar-refractivity contribution is -0.115. The Hall–Kier alpha value is -2.24. The van der Waals surface area contributed by atoms with E-state index in [-0.39, 0.29) is 19.1 Å². The monoisotopic (exact) mass is 334 g/mol. The lowest BCUT2D eigenvalue weighted by Crippen LogP contribution is -2.35. The minimum absolute atomic E-state index is 0.0312. The summed E-state index contributed by atoms with van der Waals surface area (Å²) in [7, 11) is 1.53. The number of rotatable bonds is 7. The topological polar surface area (TPSA) is 61.8 Å². The number of ether oxygens (including phenoxy) is 1. The maximum absolute atomic E-state index is 12.2. The molecule has 2 aromatic rings. The summed E-state index contributed by atoms with van der Waals surface area (Å²) in [5.41, 5.74) is 1.47. The van der Waals surface area contributed by atoms with Gasteiger partial charge < -0.3 is 20.1 Å². The van der Waals surface area contributed by atoms with E-state index >= 15 is 0 Å². The van der Waals surface area contributed by atoms with Crippen LogP contribution in [0, 0.1) is 0 Å². The first-order valence-corrected chi connectivity index (χ1v) is 7.56. The van der Waals surface area contributed by atoms with Gasteiger partial charge in [0, 0.05) is 17.9 Å². The maximum Gasteiger partial charge on any atom is 0.243 e. The van der Waals surface area contributed by atoms with E-state index in [9.17, 15) is 9.90 Å². The molecule has 122 valence electrons. The van der Waals surface area contributed by atoms with E-state index in [0.29, 0.717) is 23.0 Å². The van der Waals surface area contributed by atoms with Gasteiger partial charge >= 0.3 is 0 Å². The predicted molar refractivity (Wildman–Crippen MR) is 92.4 cm³/mol. The number of benzene rings is 2. The minimum Gasteiger partial charge on any atom is -0.495 e. The van der Waals surface area contributed by atoms with Gasteiger partial charge in [-0.15, -0.1) is 0 Å². The van der Waals surface area contributed by atoms with Crippen molar-refractivity contribution in [2.45, 2.75) is 0 Å². The molecule has 0 fully saturated rings. The highest BCUT2D eigenvalue weighted by Gasteiger charge is 2.12. The van der Waals surface area contributed by atoms with E-state index in [4.69, 9.17) is 16.3 Å². The van der Waals surface area contributed by atoms with Crippen molar-refractivity contribution in [3.8, 4) is 5.75 Å². The van der Waals surface area contributed by atoms with Gasteiger partial charge in [-0.3, -0.25) is 4.79 Å². The quantitative estimate of drug-likeness (QED) is 0.817. The number of nitrogens with zero attached hydrogens (tertiary/aromatic N) is 1. The fourth-order valence-corrected chi connectivity index (χ4v) is 2.43. The molecule has 0 unspecified atom stereocenters. The fraction of sp³-hybridized carbons (Fsp3) is 0.235. The summed E-state index contributed by atoms with van der Waals surface area (Å²) in [5, 5.41) is 12.4. The number of hydrogen-bond acceptors (Lipinski definition) is 4. The fourth-order valence-electron chi connectivity index (χ4n) is 2.18. The number of amides is 1. The molecular weight excluding hydrogens is 316 g/mol. The Morgan fingerprint density at radius 3 is 2.61 bits per heavy atom. The van der Waals surface area contributed by atoms with E-state index in [0.717, 1.165) is 5.69 Å². The van der Waals surface area contributed by atoms with Crippen LogP contribution in [0.1, 0.15) is 0 Å². The van der Waals surface area contributed by atoms with Crippen molar-refractivity contribution in [2.75, 3.05) is 37.0 Å². The number of para-hydroxylation sites is 1. The average molecular weight is 335 g/mol. The third-order valence-corrected chi connectivity index (χ3v) is 3.56. The predicted octanol–water partition coefficient (Wildman–Crippen LogP) is 2.79. The zero-order valence-corrected chi connectivity index (χ0v) is 13.6. The first-order chi connectivity index (χ1) is 11.1. The molecule has 2 rings (SSSR count). The zero-order valence-electron chi connectivity index (χ0n) is 12.8. The molecule has 5 nitrogen and oxygen atoms in total. The largest absolute Gasteiger partial charge is 0.495 e. The lowest BCUT2D eigenvalue weighted by Gasteiger charge is -2.23. The summed E-state index contributed by atoms with van der Waals surface area (Å²) < 4.78 is 5.08. The molecule has 0 aromatic heterocycles. The van der Waals surface area contributed by atoms with Crippen molar-refractivity contribution in [1.82, 2.24) is 0 Å². The Morgan fingerprint density at radius 1 is 1.26 bits per heavy atom. The van der Waals surface area contributed by atoms with E-state index in [1.807, 2.05) is 30.3 Å². The molecule has 0 radical (unpaired) electrons. The Kier molecular flexibility index (Phi) is 6.26. The molecule has 0 aliphatic carbocycles. The maximum atomic E-state index is 12.2. The number of aliphatic hydroxyl groups excluding tert-OH is 1. The van der Waals surface area contributed by atoms with Crippen LogP contribution in [0.3, 0.4) is 0 Å². The number of carbonyl (C=O) groups excluding carboxylic acids is 1. The minimum atomic E-state index is -0.191. The van der Waals surface area contributed by atoms with Gasteiger partial charge in [0.15, 0.2) is 0 Å². The number of halogens is 1. The molecule has 0 saturated carbocycles. The van der Waals surface area contributed by atoms with Gasteiger partial charge in [-0.2, -0.15) is 0 Å². The molecule has 0 bridgehead atoms. The smallest absolute Gasteiger partial charge is 0.243 e. The van der Waals surface area contributed by atoms with Gasteiger partial charge in [0.1, 0.15) is 5.75 Å². The molecule has 1 amide bonds. The number of carbonyl (C=O) groups is 1. The molecule has 0 heterocycles. The van der Waals surface area contributed by atoms with Crippen molar-refractivity contribution >= 4 is 28.9 Å².